The molecule has 2 rings (SSSR count). The Hall–Kier alpha value is -1.06. The average Bonchev–Trinajstić information content (AvgIpc) is 2.90. The van der Waals surface area contributed by atoms with Crippen molar-refractivity contribution in [1.82, 2.24) is 5.32 Å². The Labute approximate surface area is 128 Å². The van der Waals surface area contributed by atoms with Crippen LogP contribution >= 0.6 is 0 Å². The van der Waals surface area contributed by atoms with E-state index in [9.17, 15) is 5.11 Å². The lowest BCUT2D eigenvalue weighted by Crippen LogP contribution is -2.32. The minimum absolute atomic E-state index is 0.358. The minimum atomic E-state index is -0.610. The van der Waals surface area contributed by atoms with Gasteiger partial charge >= 0.3 is 0 Å². The first-order valence-electron chi connectivity index (χ1n) is 8.23. The van der Waals surface area contributed by atoms with E-state index in [1.807, 2.05) is 6.07 Å². The molecular weight excluding hydrogens is 262 g/mol. The number of benzene rings is 1. The van der Waals surface area contributed by atoms with Gasteiger partial charge < -0.3 is 15.2 Å². The predicted molar refractivity (Wildman–Crippen MR) is 86.8 cm³/mol. The van der Waals surface area contributed by atoms with Crippen LogP contribution in [-0.4, -0.2) is 23.9 Å². The molecule has 0 aliphatic heterocycles. The molecule has 1 atom stereocenters. The van der Waals surface area contributed by atoms with E-state index in [-0.39, 0.29) is 0 Å². The van der Waals surface area contributed by atoms with E-state index < -0.39 is 5.60 Å². The molecule has 1 unspecified atom stereocenters. The van der Waals surface area contributed by atoms with E-state index >= 15 is 0 Å². The maximum absolute atomic E-state index is 10.3. The van der Waals surface area contributed by atoms with Crippen LogP contribution in [0, 0.1) is 6.92 Å². The maximum atomic E-state index is 10.3. The van der Waals surface area contributed by atoms with Gasteiger partial charge in [0.25, 0.3) is 0 Å². The molecule has 1 aliphatic rings. The fourth-order valence-corrected chi connectivity index (χ4v) is 2.97. The summed E-state index contributed by atoms with van der Waals surface area (Å²) < 4.78 is 5.87. The second kappa shape index (κ2) is 7.28. The van der Waals surface area contributed by atoms with Gasteiger partial charge in [-0.1, -0.05) is 31.9 Å². The number of aliphatic hydroxyl groups is 1. The summed E-state index contributed by atoms with van der Waals surface area (Å²) in [6.07, 6.45) is 5.09. The van der Waals surface area contributed by atoms with Gasteiger partial charge in [0, 0.05) is 6.04 Å². The van der Waals surface area contributed by atoms with E-state index in [0.29, 0.717) is 12.6 Å². The lowest BCUT2D eigenvalue weighted by atomic mass is 10.0. The molecule has 0 spiro atoms. The molecule has 1 aromatic carbocycles. The van der Waals surface area contributed by atoms with Crippen LogP contribution in [0.5, 0.6) is 5.75 Å². The number of aryl methyl sites for hydroxylation is 1. The first-order chi connectivity index (χ1) is 10.0. The van der Waals surface area contributed by atoms with Gasteiger partial charge in [-0.2, -0.15) is 0 Å². The molecule has 118 valence electrons. The molecule has 0 saturated heterocycles. The molecule has 1 aromatic rings. The molecule has 0 bridgehead atoms. The van der Waals surface area contributed by atoms with Crippen molar-refractivity contribution in [1.29, 1.82) is 0 Å². The number of rotatable bonds is 7. The quantitative estimate of drug-likeness (QED) is 0.804. The Morgan fingerprint density at radius 3 is 2.67 bits per heavy atom. The van der Waals surface area contributed by atoms with Crippen molar-refractivity contribution in [3.63, 3.8) is 0 Å². The summed E-state index contributed by atoms with van der Waals surface area (Å²) in [5.41, 5.74) is 1.81. The zero-order chi connectivity index (χ0) is 15.3. The Balaban J connectivity index is 1.95. The number of hydrogen-bond donors (Lipinski definition) is 2. The van der Waals surface area contributed by atoms with Crippen LogP contribution in [0.15, 0.2) is 18.2 Å². The third kappa shape index (κ3) is 4.45. The van der Waals surface area contributed by atoms with Crippen molar-refractivity contribution >= 4 is 0 Å². The Bertz CT molecular complexity index is 453. The van der Waals surface area contributed by atoms with Gasteiger partial charge in [-0.25, -0.2) is 0 Å². The highest BCUT2D eigenvalue weighted by Crippen LogP contribution is 2.31. The predicted octanol–water partition coefficient (Wildman–Crippen LogP) is 3.74. The molecule has 0 heterocycles. The standard InChI is InChI=1S/C18H29NO2/c1-4-11-19-15(3)16-7-8-17(14(2)12-16)21-13-18(20)9-5-6-10-18/h7-8,12,15,19-20H,4-6,9-11,13H2,1-3H3. The third-order valence-corrected chi connectivity index (χ3v) is 4.43. The van der Waals surface area contributed by atoms with Crippen LogP contribution in [0.3, 0.4) is 0 Å². The summed E-state index contributed by atoms with van der Waals surface area (Å²) in [6, 6.07) is 6.69. The van der Waals surface area contributed by atoms with Crippen molar-refractivity contribution in [2.75, 3.05) is 13.2 Å². The number of hydrogen-bond acceptors (Lipinski definition) is 3. The van der Waals surface area contributed by atoms with Gasteiger partial charge in [-0.05, 0) is 56.8 Å². The van der Waals surface area contributed by atoms with Crippen molar-refractivity contribution in [2.45, 2.75) is 64.5 Å². The van der Waals surface area contributed by atoms with Gasteiger partial charge in [0.05, 0.1) is 5.60 Å². The van der Waals surface area contributed by atoms with Crippen LogP contribution < -0.4 is 10.1 Å². The van der Waals surface area contributed by atoms with Crippen LogP contribution in [0.25, 0.3) is 0 Å². The molecule has 0 aromatic heterocycles. The SMILES string of the molecule is CCCNC(C)c1ccc(OCC2(O)CCCC2)c(C)c1. The molecule has 1 saturated carbocycles. The molecule has 21 heavy (non-hydrogen) atoms. The zero-order valence-corrected chi connectivity index (χ0v) is 13.6. The fraction of sp³-hybridized carbons (Fsp3) is 0.667. The van der Waals surface area contributed by atoms with Crippen LogP contribution in [0.2, 0.25) is 0 Å². The topological polar surface area (TPSA) is 41.5 Å². The second-order valence-electron chi connectivity index (χ2n) is 6.42. The van der Waals surface area contributed by atoms with E-state index in [4.69, 9.17) is 4.74 Å². The van der Waals surface area contributed by atoms with E-state index in [1.165, 1.54) is 5.56 Å². The molecule has 3 heteroatoms. The third-order valence-electron chi connectivity index (χ3n) is 4.43. The average molecular weight is 291 g/mol. The number of nitrogens with one attached hydrogen (secondary N) is 1. The first kappa shape index (κ1) is 16.3. The summed E-state index contributed by atoms with van der Waals surface area (Å²) >= 11 is 0. The molecule has 3 nitrogen and oxygen atoms in total. The Kier molecular flexibility index (Phi) is 5.65. The number of ether oxygens (including phenoxy) is 1. The molecular formula is C18H29NO2. The smallest absolute Gasteiger partial charge is 0.122 e. The Morgan fingerprint density at radius 1 is 1.33 bits per heavy atom. The normalized spacial score (nSPS) is 18.7. The van der Waals surface area contributed by atoms with Gasteiger partial charge in [0.1, 0.15) is 12.4 Å². The Morgan fingerprint density at radius 2 is 2.05 bits per heavy atom. The van der Waals surface area contributed by atoms with E-state index in [0.717, 1.165) is 50.0 Å². The van der Waals surface area contributed by atoms with Crippen LogP contribution in [-0.2, 0) is 0 Å². The van der Waals surface area contributed by atoms with Crippen molar-refractivity contribution in [2.24, 2.45) is 0 Å². The summed E-state index contributed by atoms with van der Waals surface area (Å²) in [6.45, 7) is 7.88. The lowest BCUT2D eigenvalue weighted by Gasteiger charge is -2.23. The first-order valence-corrected chi connectivity index (χ1v) is 8.23. The molecule has 0 amide bonds. The molecule has 1 fully saturated rings. The van der Waals surface area contributed by atoms with Gasteiger partial charge in [-0.15, -0.1) is 0 Å². The fourth-order valence-electron chi connectivity index (χ4n) is 2.97. The van der Waals surface area contributed by atoms with Crippen LogP contribution in [0.4, 0.5) is 0 Å². The van der Waals surface area contributed by atoms with Crippen molar-refractivity contribution < 1.29 is 9.84 Å². The van der Waals surface area contributed by atoms with E-state index in [1.54, 1.807) is 0 Å². The minimum Gasteiger partial charge on any atom is -0.490 e. The van der Waals surface area contributed by atoms with Crippen molar-refractivity contribution in [3.8, 4) is 5.75 Å². The highest BCUT2D eigenvalue weighted by molar-refractivity contribution is 5.37. The highest BCUT2D eigenvalue weighted by Gasteiger charge is 2.32. The van der Waals surface area contributed by atoms with E-state index in [2.05, 4.69) is 38.2 Å². The summed E-state index contributed by atoms with van der Waals surface area (Å²) in [5.74, 6) is 0.891. The molecule has 0 radical (unpaired) electrons. The lowest BCUT2D eigenvalue weighted by molar-refractivity contribution is 0.00121. The monoisotopic (exact) mass is 291 g/mol. The zero-order valence-electron chi connectivity index (χ0n) is 13.6. The summed E-state index contributed by atoms with van der Waals surface area (Å²) in [5, 5.41) is 13.8. The largest absolute Gasteiger partial charge is 0.490 e. The van der Waals surface area contributed by atoms with Crippen LogP contribution in [0.1, 0.15) is 63.1 Å². The maximum Gasteiger partial charge on any atom is 0.122 e. The second-order valence-corrected chi connectivity index (χ2v) is 6.42. The summed E-state index contributed by atoms with van der Waals surface area (Å²) in [4.78, 5) is 0. The van der Waals surface area contributed by atoms with Crippen molar-refractivity contribution in [3.05, 3.63) is 29.3 Å². The highest BCUT2D eigenvalue weighted by atomic mass is 16.5. The summed E-state index contributed by atoms with van der Waals surface area (Å²) in [7, 11) is 0. The van der Waals surface area contributed by atoms with Gasteiger partial charge in [0.2, 0.25) is 0 Å². The van der Waals surface area contributed by atoms with Gasteiger partial charge in [-0.3, -0.25) is 0 Å². The molecule has 1 aliphatic carbocycles. The van der Waals surface area contributed by atoms with Gasteiger partial charge in [0.15, 0.2) is 0 Å². The molecule has 2 N–H and O–H groups in total.